The molecule has 2 N–H and O–H groups in total. The van der Waals surface area contributed by atoms with Crippen molar-refractivity contribution < 1.29 is 22.7 Å². The van der Waals surface area contributed by atoms with Crippen LogP contribution in [0.5, 0.6) is 0 Å². The van der Waals surface area contributed by atoms with Gasteiger partial charge in [0.25, 0.3) is 5.91 Å². The third-order valence-corrected chi connectivity index (χ3v) is 1.74. The average Bonchev–Trinajstić information content (AvgIpc) is 2.57. The van der Waals surface area contributed by atoms with E-state index in [-0.39, 0.29) is 13.2 Å². The normalized spacial score (nSPS) is 11.8. The third kappa shape index (κ3) is 2.48. The van der Waals surface area contributed by atoms with E-state index >= 15 is 0 Å². The molecule has 0 saturated carbocycles. The summed E-state index contributed by atoms with van der Waals surface area (Å²) in [7, 11) is 1.33. The largest absolute Gasteiger partial charge is 0.435 e. The molecule has 0 bridgehead atoms. The van der Waals surface area contributed by atoms with Crippen LogP contribution in [-0.4, -0.2) is 34.6 Å². The summed E-state index contributed by atoms with van der Waals surface area (Å²) in [6, 6.07) is 0. The molecule has 0 aliphatic heterocycles. The Morgan fingerprint density at radius 3 is 2.62 bits per heavy atom. The molecule has 0 aliphatic rings. The van der Waals surface area contributed by atoms with Gasteiger partial charge in [0.2, 0.25) is 0 Å². The van der Waals surface area contributed by atoms with Crippen molar-refractivity contribution in [1.82, 2.24) is 15.0 Å². The Kier molecular flexibility index (Phi) is 3.48. The molecule has 9 heteroatoms. The van der Waals surface area contributed by atoms with Crippen LogP contribution < -0.4 is 5.73 Å². The molecule has 0 saturated heterocycles. The number of rotatable bonds is 4. The van der Waals surface area contributed by atoms with Crippen LogP contribution in [0.3, 0.4) is 0 Å². The van der Waals surface area contributed by atoms with E-state index in [1.54, 1.807) is 0 Å². The Morgan fingerprint density at radius 2 is 2.19 bits per heavy atom. The van der Waals surface area contributed by atoms with Gasteiger partial charge in [-0.05, 0) is 0 Å². The van der Waals surface area contributed by atoms with Gasteiger partial charge in [-0.25, -0.2) is 4.68 Å². The first kappa shape index (κ1) is 12.4. The predicted octanol–water partition coefficient (Wildman–Crippen LogP) is 0.0422. The SMILES string of the molecule is COCCn1nnc(C(N)=O)c1C(F)(F)F. The van der Waals surface area contributed by atoms with Gasteiger partial charge in [-0.15, -0.1) is 5.10 Å². The second-order valence-corrected chi connectivity index (χ2v) is 2.86. The van der Waals surface area contributed by atoms with Crippen molar-refractivity contribution in [3.63, 3.8) is 0 Å². The van der Waals surface area contributed by atoms with E-state index in [0.717, 1.165) is 0 Å². The Morgan fingerprint density at radius 1 is 1.56 bits per heavy atom. The van der Waals surface area contributed by atoms with Gasteiger partial charge in [0.05, 0.1) is 13.2 Å². The number of carbonyl (C=O) groups excluding carboxylic acids is 1. The fraction of sp³-hybridized carbons (Fsp3) is 0.571. The minimum absolute atomic E-state index is 0.0185. The number of primary amides is 1. The highest BCUT2D eigenvalue weighted by molar-refractivity contribution is 5.91. The number of carbonyl (C=O) groups is 1. The highest BCUT2D eigenvalue weighted by Gasteiger charge is 2.40. The summed E-state index contributed by atoms with van der Waals surface area (Å²) in [5.41, 5.74) is 2.63. The van der Waals surface area contributed by atoms with E-state index < -0.39 is 23.5 Å². The highest BCUT2D eigenvalue weighted by atomic mass is 19.4. The minimum Gasteiger partial charge on any atom is -0.383 e. The molecule has 0 fully saturated rings. The molecule has 16 heavy (non-hydrogen) atoms. The first-order chi connectivity index (χ1) is 7.38. The summed E-state index contributed by atoms with van der Waals surface area (Å²) >= 11 is 0. The van der Waals surface area contributed by atoms with Crippen LogP contribution in [0.25, 0.3) is 0 Å². The molecule has 1 aromatic rings. The molecular formula is C7H9F3N4O2. The molecule has 0 spiro atoms. The number of halogens is 3. The lowest BCUT2D eigenvalue weighted by Crippen LogP contribution is -2.22. The van der Waals surface area contributed by atoms with E-state index in [1.807, 2.05) is 0 Å². The summed E-state index contributed by atoms with van der Waals surface area (Å²) in [6.45, 7) is -0.143. The summed E-state index contributed by atoms with van der Waals surface area (Å²) < 4.78 is 42.9. The summed E-state index contributed by atoms with van der Waals surface area (Å²) in [4.78, 5) is 10.7. The van der Waals surface area contributed by atoms with Crippen LogP contribution in [0.4, 0.5) is 13.2 Å². The van der Waals surface area contributed by atoms with Crippen LogP contribution in [0.1, 0.15) is 16.2 Å². The van der Waals surface area contributed by atoms with Crippen molar-refractivity contribution in [2.24, 2.45) is 5.73 Å². The maximum Gasteiger partial charge on any atom is 0.435 e. The van der Waals surface area contributed by atoms with Crippen LogP contribution >= 0.6 is 0 Å². The number of methoxy groups -OCH3 is 1. The number of nitrogens with two attached hydrogens (primary N) is 1. The van der Waals surface area contributed by atoms with Gasteiger partial charge in [-0.2, -0.15) is 13.2 Å². The van der Waals surface area contributed by atoms with Crippen molar-refractivity contribution in [2.45, 2.75) is 12.7 Å². The molecule has 1 amide bonds. The van der Waals surface area contributed by atoms with E-state index in [4.69, 9.17) is 5.73 Å². The van der Waals surface area contributed by atoms with Crippen LogP contribution in [0, 0.1) is 0 Å². The van der Waals surface area contributed by atoms with Gasteiger partial charge in [0.15, 0.2) is 11.4 Å². The van der Waals surface area contributed by atoms with Gasteiger partial charge < -0.3 is 10.5 Å². The molecular weight excluding hydrogens is 229 g/mol. The molecule has 0 aromatic carbocycles. The maximum absolute atomic E-state index is 12.6. The minimum atomic E-state index is -4.73. The van der Waals surface area contributed by atoms with Gasteiger partial charge in [0.1, 0.15) is 0 Å². The lowest BCUT2D eigenvalue weighted by molar-refractivity contribution is -0.144. The van der Waals surface area contributed by atoms with E-state index in [0.29, 0.717) is 4.68 Å². The molecule has 1 aromatic heterocycles. The number of ether oxygens (including phenoxy) is 1. The molecule has 1 rings (SSSR count). The Labute approximate surface area is 88.2 Å². The molecule has 0 unspecified atom stereocenters. The number of aromatic nitrogens is 3. The fourth-order valence-corrected chi connectivity index (χ4v) is 1.09. The first-order valence-corrected chi connectivity index (χ1v) is 4.17. The monoisotopic (exact) mass is 238 g/mol. The summed E-state index contributed by atoms with van der Waals surface area (Å²) in [5.74, 6) is -1.27. The molecule has 90 valence electrons. The lowest BCUT2D eigenvalue weighted by Gasteiger charge is -2.09. The molecule has 0 aliphatic carbocycles. The zero-order valence-electron chi connectivity index (χ0n) is 8.28. The number of nitrogens with zero attached hydrogens (tertiary/aromatic N) is 3. The zero-order chi connectivity index (χ0) is 12.3. The average molecular weight is 238 g/mol. The van der Waals surface area contributed by atoms with Crippen molar-refractivity contribution >= 4 is 5.91 Å². The zero-order valence-corrected chi connectivity index (χ0v) is 8.28. The Hall–Kier alpha value is -1.64. The molecule has 6 nitrogen and oxygen atoms in total. The summed E-state index contributed by atoms with van der Waals surface area (Å²) in [5, 5.41) is 6.31. The Bertz CT molecular complexity index is 387. The second kappa shape index (κ2) is 4.47. The van der Waals surface area contributed by atoms with Crippen molar-refractivity contribution in [2.75, 3.05) is 13.7 Å². The Balaban J connectivity index is 3.15. The fourth-order valence-electron chi connectivity index (χ4n) is 1.09. The van der Waals surface area contributed by atoms with Crippen LogP contribution in [0.15, 0.2) is 0 Å². The number of hydrogen-bond acceptors (Lipinski definition) is 4. The van der Waals surface area contributed by atoms with Gasteiger partial charge in [-0.3, -0.25) is 4.79 Å². The van der Waals surface area contributed by atoms with Crippen LogP contribution in [0.2, 0.25) is 0 Å². The van der Waals surface area contributed by atoms with Gasteiger partial charge in [0, 0.05) is 7.11 Å². The van der Waals surface area contributed by atoms with Crippen molar-refractivity contribution in [1.29, 1.82) is 0 Å². The second-order valence-electron chi connectivity index (χ2n) is 2.86. The molecule has 0 atom stereocenters. The van der Waals surface area contributed by atoms with Crippen LogP contribution in [-0.2, 0) is 17.5 Å². The van der Waals surface area contributed by atoms with Gasteiger partial charge >= 0.3 is 6.18 Å². The maximum atomic E-state index is 12.6. The smallest absolute Gasteiger partial charge is 0.383 e. The highest BCUT2D eigenvalue weighted by Crippen LogP contribution is 2.30. The molecule has 1 heterocycles. The van der Waals surface area contributed by atoms with Crippen molar-refractivity contribution in [3.8, 4) is 0 Å². The number of amides is 1. The van der Waals surface area contributed by atoms with E-state index in [2.05, 4.69) is 15.0 Å². The molecule has 0 radical (unpaired) electrons. The van der Waals surface area contributed by atoms with E-state index in [1.165, 1.54) is 7.11 Å². The number of alkyl halides is 3. The van der Waals surface area contributed by atoms with Gasteiger partial charge in [-0.1, -0.05) is 5.21 Å². The lowest BCUT2D eigenvalue weighted by atomic mass is 10.3. The summed E-state index contributed by atoms with van der Waals surface area (Å²) in [6.07, 6.45) is -4.73. The quantitative estimate of drug-likeness (QED) is 0.802. The van der Waals surface area contributed by atoms with Crippen molar-refractivity contribution in [3.05, 3.63) is 11.4 Å². The predicted molar refractivity (Wildman–Crippen MR) is 45.4 cm³/mol. The standard InChI is InChI=1S/C7H9F3N4O2/c1-16-3-2-14-5(7(8,9)10)4(6(11)15)12-13-14/h2-3H2,1H3,(H2,11,15). The third-order valence-electron chi connectivity index (χ3n) is 1.74. The number of hydrogen-bond donors (Lipinski definition) is 1. The first-order valence-electron chi connectivity index (χ1n) is 4.17. The van der Waals surface area contributed by atoms with E-state index in [9.17, 15) is 18.0 Å². The topological polar surface area (TPSA) is 83.0 Å².